The highest BCUT2D eigenvalue weighted by Gasteiger charge is 2.54. The molecule has 13 heavy (non-hydrogen) atoms. The Balaban J connectivity index is 2.25. The van der Waals surface area contributed by atoms with Crippen LogP contribution < -0.4 is 0 Å². The summed E-state index contributed by atoms with van der Waals surface area (Å²) in [5.74, 6) is 0. The quantitative estimate of drug-likeness (QED) is 0.570. The molecule has 0 aliphatic carbocycles. The van der Waals surface area contributed by atoms with Gasteiger partial charge in [0.15, 0.2) is 6.10 Å². The largest absolute Gasteiger partial charge is 0.279 e. The molecule has 0 N–H and O–H groups in total. The molecule has 0 aromatic rings. The van der Waals surface area contributed by atoms with Gasteiger partial charge in [-0.25, -0.2) is 0 Å². The summed E-state index contributed by atoms with van der Waals surface area (Å²) in [5.41, 5.74) is 0.199. The van der Waals surface area contributed by atoms with Crippen LogP contribution >= 0.6 is 0 Å². The standard InChI is InChI=1S/C10H16N2O/c1-9(2)4-5-10(3)6-8(7-11)13-12(9)10/h8H,4-6H2,1-3H3/t8?,10-/m1/s1. The molecule has 2 fully saturated rings. The van der Waals surface area contributed by atoms with Gasteiger partial charge in [0, 0.05) is 17.5 Å². The second kappa shape index (κ2) is 2.46. The zero-order valence-electron chi connectivity index (χ0n) is 8.50. The van der Waals surface area contributed by atoms with Crippen LogP contribution in [0.5, 0.6) is 0 Å². The first-order valence-electron chi connectivity index (χ1n) is 4.85. The van der Waals surface area contributed by atoms with Crippen molar-refractivity contribution < 1.29 is 4.84 Å². The maximum absolute atomic E-state index is 8.80. The van der Waals surface area contributed by atoms with Gasteiger partial charge in [0.1, 0.15) is 0 Å². The average Bonchev–Trinajstić information content (AvgIpc) is 2.49. The maximum Gasteiger partial charge on any atom is 0.167 e. The van der Waals surface area contributed by atoms with Gasteiger partial charge in [-0.1, -0.05) is 0 Å². The molecule has 0 radical (unpaired) electrons. The van der Waals surface area contributed by atoms with E-state index in [1.165, 1.54) is 0 Å². The minimum atomic E-state index is -0.232. The van der Waals surface area contributed by atoms with Crippen molar-refractivity contribution in [2.45, 2.75) is 57.2 Å². The van der Waals surface area contributed by atoms with E-state index < -0.39 is 0 Å². The molecule has 2 saturated heterocycles. The fraction of sp³-hybridized carbons (Fsp3) is 0.900. The second-order valence-electron chi connectivity index (χ2n) is 5.03. The van der Waals surface area contributed by atoms with Crippen molar-refractivity contribution in [3.05, 3.63) is 0 Å². The summed E-state index contributed by atoms with van der Waals surface area (Å²) in [6, 6.07) is 2.19. The van der Waals surface area contributed by atoms with Crippen molar-refractivity contribution >= 4 is 0 Å². The van der Waals surface area contributed by atoms with Gasteiger partial charge in [0.05, 0.1) is 6.07 Å². The van der Waals surface area contributed by atoms with E-state index in [1.807, 2.05) is 5.06 Å². The Morgan fingerprint density at radius 2 is 2.08 bits per heavy atom. The summed E-state index contributed by atoms with van der Waals surface area (Å²) >= 11 is 0. The molecule has 0 bridgehead atoms. The number of rotatable bonds is 0. The highest BCUT2D eigenvalue weighted by Crippen LogP contribution is 2.48. The minimum absolute atomic E-state index is 0.0976. The monoisotopic (exact) mass is 180 g/mol. The summed E-state index contributed by atoms with van der Waals surface area (Å²) < 4.78 is 0. The molecule has 2 atom stereocenters. The summed E-state index contributed by atoms with van der Waals surface area (Å²) in [6.07, 6.45) is 2.91. The Hall–Kier alpha value is -0.590. The molecule has 3 heteroatoms. The van der Waals surface area contributed by atoms with E-state index in [0.717, 1.165) is 19.3 Å². The van der Waals surface area contributed by atoms with Gasteiger partial charge in [-0.15, -0.1) is 0 Å². The Morgan fingerprint density at radius 3 is 2.62 bits per heavy atom. The van der Waals surface area contributed by atoms with Crippen LogP contribution in [-0.4, -0.2) is 22.2 Å². The topological polar surface area (TPSA) is 36.3 Å². The molecule has 2 aliphatic heterocycles. The van der Waals surface area contributed by atoms with E-state index in [9.17, 15) is 0 Å². The van der Waals surface area contributed by atoms with Gasteiger partial charge in [-0.3, -0.25) is 4.84 Å². The molecule has 0 aromatic heterocycles. The van der Waals surface area contributed by atoms with Crippen LogP contribution in [0.15, 0.2) is 0 Å². The van der Waals surface area contributed by atoms with E-state index in [1.54, 1.807) is 0 Å². The van der Waals surface area contributed by atoms with Crippen LogP contribution in [0.3, 0.4) is 0 Å². The van der Waals surface area contributed by atoms with Crippen molar-refractivity contribution in [1.82, 2.24) is 5.06 Å². The van der Waals surface area contributed by atoms with Crippen molar-refractivity contribution in [3.8, 4) is 6.07 Å². The highest BCUT2D eigenvalue weighted by atomic mass is 16.7. The van der Waals surface area contributed by atoms with Crippen LogP contribution in [0.1, 0.15) is 40.0 Å². The van der Waals surface area contributed by atoms with Crippen LogP contribution in [0.2, 0.25) is 0 Å². The first-order chi connectivity index (χ1) is 5.98. The number of hydrogen-bond acceptors (Lipinski definition) is 3. The molecule has 0 saturated carbocycles. The molecule has 0 spiro atoms. The van der Waals surface area contributed by atoms with E-state index in [4.69, 9.17) is 10.1 Å². The van der Waals surface area contributed by atoms with Crippen molar-refractivity contribution in [3.63, 3.8) is 0 Å². The van der Waals surface area contributed by atoms with E-state index in [0.29, 0.717) is 0 Å². The maximum atomic E-state index is 8.80. The molecule has 2 heterocycles. The van der Waals surface area contributed by atoms with Gasteiger partial charge < -0.3 is 0 Å². The number of hydroxylamine groups is 2. The third kappa shape index (κ3) is 1.17. The highest BCUT2D eigenvalue weighted by molar-refractivity contribution is 5.07. The average molecular weight is 180 g/mol. The van der Waals surface area contributed by atoms with E-state index in [2.05, 4.69) is 26.8 Å². The number of nitriles is 1. The third-order valence-corrected chi connectivity index (χ3v) is 3.32. The van der Waals surface area contributed by atoms with E-state index in [-0.39, 0.29) is 17.2 Å². The fourth-order valence-electron chi connectivity index (χ4n) is 2.60. The van der Waals surface area contributed by atoms with Crippen LogP contribution in [0.25, 0.3) is 0 Å². The normalized spacial score (nSPS) is 43.1. The zero-order chi connectivity index (χ0) is 9.69. The van der Waals surface area contributed by atoms with Gasteiger partial charge >= 0.3 is 0 Å². The lowest BCUT2D eigenvalue weighted by atomic mass is 9.94. The second-order valence-corrected chi connectivity index (χ2v) is 5.03. The lowest BCUT2D eigenvalue weighted by Gasteiger charge is -2.33. The van der Waals surface area contributed by atoms with Crippen molar-refractivity contribution in [2.75, 3.05) is 0 Å². The Morgan fingerprint density at radius 1 is 1.38 bits per heavy atom. The molecular weight excluding hydrogens is 164 g/mol. The summed E-state index contributed by atoms with van der Waals surface area (Å²) in [6.45, 7) is 6.55. The molecule has 1 unspecified atom stereocenters. The number of nitrogens with zero attached hydrogens (tertiary/aromatic N) is 2. The van der Waals surface area contributed by atoms with Crippen LogP contribution in [0, 0.1) is 11.3 Å². The Kier molecular flexibility index (Phi) is 1.70. The third-order valence-electron chi connectivity index (χ3n) is 3.32. The Labute approximate surface area is 79.2 Å². The van der Waals surface area contributed by atoms with E-state index >= 15 is 0 Å². The first kappa shape index (κ1) is 8.98. The minimum Gasteiger partial charge on any atom is -0.279 e. The van der Waals surface area contributed by atoms with Crippen LogP contribution in [-0.2, 0) is 4.84 Å². The molecule has 2 aliphatic rings. The molecule has 3 nitrogen and oxygen atoms in total. The smallest absolute Gasteiger partial charge is 0.167 e. The van der Waals surface area contributed by atoms with Gasteiger partial charge in [-0.05, 0) is 33.6 Å². The number of fused-ring (bicyclic) bond motifs is 1. The summed E-state index contributed by atoms with van der Waals surface area (Å²) in [7, 11) is 0. The summed E-state index contributed by atoms with van der Waals surface area (Å²) in [4.78, 5) is 5.62. The fourth-order valence-corrected chi connectivity index (χ4v) is 2.60. The number of hydrogen-bond donors (Lipinski definition) is 0. The van der Waals surface area contributed by atoms with Gasteiger partial charge in [-0.2, -0.15) is 10.3 Å². The predicted octanol–water partition coefficient (Wildman–Crippen LogP) is 1.85. The first-order valence-corrected chi connectivity index (χ1v) is 4.85. The van der Waals surface area contributed by atoms with Crippen LogP contribution in [0.4, 0.5) is 0 Å². The van der Waals surface area contributed by atoms with Crippen molar-refractivity contribution in [2.24, 2.45) is 0 Å². The zero-order valence-corrected chi connectivity index (χ0v) is 8.50. The van der Waals surface area contributed by atoms with Gasteiger partial charge in [0.25, 0.3) is 0 Å². The lowest BCUT2D eigenvalue weighted by molar-refractivity contribution is -0.205. The lowest BCUT2D eigenvalue weighted by Crippen LogP contribution is -2.44. The molecule has 2 rings (SSSR count). The molecule has 0 amide bonds. The molecular formula is C10H16N2O. The summed E-state index contributed by atoms with van der Waals surface area (Å²) in [5, 5.41) is 10.9. The SMILES string of the molecule is CC1(C)CC[C@]2(C)CC(C#N)ON12. The van der Waals surface area contributed by atoms with Crippen molar-refractivity contribution in [1.29, 1.82) is 5.26 Å². The molecule has 72 valence electrons. The molecule has 0 aromatic carbocycles. The van der Waals surface area contributed by atoms with Gasteiger partial charge in [0.2, 0.25) is 0 Å². The predicted molar refractivity (Wildman–Crippen MR) is 48.7 cm³/mol. The Bertz CT molecular complexity index is 269.